The molecule has 0 aliphatic heterocycles. The molecule has 0 unspecified atom stereocenters. The number of aliphatic imine (C=N–C) groups is 1. The molecule has 0 bridgehead atoms. The van der Waals surface area contributed by atoms with Gasteiger partial charge in [0.1, 0.15) is 17.7 Å². The quantitative estimate of drug-likeness (QED) is 0.665. The van der Waals surface area contributed by atoms with Gasteiger partial charge in [-0.15, -0.1) is 0 Å². The Labute approximate surface area is 114 Å². The predicted molar refractivity (Wildman–Crippen MR) is 76.1 cm³/mol. The van der Waals surface area contributed by atoms with Gasteiger partial charge in [-0.25, -0.2) is 4.39 Å². The molecule has 0 aliphatic rings. The SMILES string of the molecule is O=c1c(C=Nc2ccc(F)cc2)coc2ccccc12. The van der Waals surface area contributed by atoms with Gasteiger partial charge in [-0.3, -0.25) is 9.79 Å². The molecule has 0 atom stereocenters. The zero-order valence-corrected chi connectivity index (χ0v) is 10.4. The van der Waals surface area contributed by atoms with E-state index in [1.165, 1.54) is 36.7 Å². The Kier molecular flexibility index (Phi) is 3.13. The van der Waals surface area contributed by atoms with Gasteiger partial charge in [-0.05, 0) is 36.4 Å². The van der Waals surface area contributed by atoms with Crippen LogP contribution in [-0.2, 0) is 0 Å². The minimum absolute atomic E-state index is 0.141. The molecule has 0 N–H and O–H groups in total. The number of hydrogen-bond donors (Lipinski definition) is 0. The summed E-state index contributed by atoms with van der Waals surface area (Å²) in [7, 11) is 0. The smallest absolute Gasteiger partial charge is 0.201 e. The number of para-hydroxylation sites is 1. The second-order valence-electron chi connectivity index (χ2n) is 4.25. The van der Waals surface area contributed by atoms with Crippen LogP contribution in [-0.4, -0.2) is 6.21 Å². The van der Waals surface area contributed by atoms with Crippen LogP contribution in [0.1, 0.15) is 5.56 Å². The lowest BCUT2D eigenvalue weighted by Crippen LogP contribution is -2.07. The second kappa shape index (κ2) is 5.09. The van der Waals surface area contributed by atoms with Crippen molar-refractivity contribution in [1.29, 1.82) is 0 Å². The summed E-state index contributed by atoms with van der Waals surface area (Å²) in [5.74, 6) is -0.325. The van der Waals surface area contributed by atoms with E-state index >= 15 is 0 Å². The predicted octanol–water partition coefficient (Wildman–Crippen LogP) is 3.68. The molecule has 0 fully saturated rings. The van der Waals surface area contributed by atoms with Crippen LogP contribution < -0.4 is 5.43 Å². The van der Waals surface area contributed by atoms with Crippen molar-refractivity contribution in [1.82, 2.24) is 0 Å². The van der Waals surface area contributed by atoms with Gasteiger partial charge in [0.2, 0.25) is 5.43 Å². The van der Waals surface area contributed by atoms with E-state index in [9.17, 15) is 9.18 Å². The van der Waals surface area contributed by atoms with E-state index in [0.29, 0.717) is 22.2 Å². The van der Waals surface area contributed by atoms with E-state index in [4.69, 9.17) is 4.42 Å². The first kappa shape index (κ1) is 12.3. The molecule has 3 rings (SSSR count). The molecular formula is C16H10FNO2. The summed E-state index contributed by atoms with van der Waals surface area (Å²) in [5.41, 5.74) is 1.32. The van der Waals surface area contributed by atoms with E-state index in [1.807, 2.05) is 0 Å². The molecule has 4 heteroatoms. The Bertz CT molecular complexity index is 835. The highest BCUT2D eigenvalue weighted by Gasteiger charge is 2.04. The Morgan fingerprint density at radius 1 is 1.05 bits per heavy atom. The molecule has 0 saturated carbocycles. The average Bonchev–Trinajstić information content (AvgIpc) is 2.49. The first-order valence-electron chi connectivity index (χ1n) is 6.04. The Hall–Kier alpha value is -2.75. The van der Waals surface area contributed by atoms with Gasteiger partial charge in [0, 0.05) is 6.21 Å². The molecule has 2 aromatic carbocycles. The standard InChI is InChI=1S/C16H10FNO2/c17-12-5-7-13(8-6-12)18-9-11-10-20-15-4-2-1-3-14(15)16(11)19/h1-10H. The fourth-order valence-electron chi connectivity index (χ4n) is 1.85. The molecule has 0 amide bonds. The highest BCUT2D eigenvalue weighted by molar-refractivity contribution is 5.87. The number of rotatable bonds is 2. The maximum absolute atomic E-state index is 12.8. The largest absolute Gasteiger partial charge is 0.463 e. The third-order valence-electron chi connectivity index (χ3n) is 2.89. The molecule has 1 aromatic heterocycles. The zero-order valence-electron chi connectivity index (χ0n) is 10.4. The van der Waals surface area contributed by atoms with E-state index < -0.39 is 0 Å². The Balaban J connectivity index is 2.01. The summed E-state index contributed by atoms with van der Waals surface area (Å²) >= 11 is 0. The maximum Gasteiger partial charge on any atom is 0.201 e. The van der Waals surface area contributed by atoms with Crippen LogP contribution in [0.4, 0.5) is 10.1 Å². The van der Waals surface area contributed by atoms with Gasteiger partial charge in [0.05, 0.1) is 16.6 Å². The van der Waals surface area contributed by atoms with Gasteiger partial charge in [-0.2, -0.15) is 0 Å². The van der Waals surface area contributed by atoms with Crippen LogP contribution in [0.2, 0.25) is 0 Å². The fourth-order valence-corrected chi connectivity index (χ4v) is 1.85. The fraction of sp³-hybridized carbons (Fsp3) is 0. The van der Waals surface area contributed by atoms with E-state index in [-0.39, 0.29) is 11.2 Å². The van der Waals surface area contributed by atoms with E-state index in [1.54, 1.807) is 24.3 Å². The lowest BCUT2D eigenvalue weighted by atomic mass is 10.2. The first-order valence-corrected chi connectivity index (χ1v) is 6.04. The van der Waals surface area contributed by atoms with Crippen LogP contribution in [0.15, 0.2) is 69.0 Å². The van der Waals surface area contributed by atoms with Crippen molar-refractivity contribution >= 4 is 22.9 Å². The van der Waals surface area contributed by atoms with Crippen LogP contribution in [0.3, 0.4) is 0 Å². The summed E-state index contributed by atoms with van der Waals surface area (Å²) in [6.07, 6.45) is 2.79. The van der Waals surface area contributed by atoms with Crippen LogP contribution in [0, 0.1) is 5.82 Å². The first-order chi connectivity index (χ1) is 9.74. The lowest BCUT2D eigenvalue weighted by Gasteiger charge is -1.97. The van der Waals surface area contributed by atoms with Crippen molar-refractivity contribution in [3.8, 4) is 0 Å². The summed E-state index contributed by atoms with van der Waals surface area (Å²) in [6, 6.07) is 12.7. The maximum atomic E-state index is 12.8. The van der Waals surface area contributed by atoms with E-state index in [0.717, 1.165) is 0 Å². The van der Waals surface area contributed by atoms with Crippen molar-refractivity contribution in [2.45, 2.75) is 0 Å². The highest BCUT2D eigenvalue weighted by atomic mass is 19.1. The molecule has 0 spiro atoms. The van der Waals surface area contributed by atoms with Gasteiger partial charge in [0.25, 0.3) is 0 Å². The number of hydrogen-bond acceptors (Lipinski definition) is 3. The van der Waals surface area contributed by atoms with Crippen LogP contribution in [0.5, 0.6) is 0 Å². The van der Waals surface area contributed by atoms with Crippen molar-refractivity contribution in [3.05, 3.63) is 76.4 Å². The molecule has 0 aliphatic carbocycles. The number of fused-ring (bicyclic) bond motifs is 1. The van der Waals surface area contributed by atoms with Crippen molar-refractivity contribution in [3.63, 3.8) is 0 Å². The van der Waals surface area contributed by atoms with Crippen molar-refractivity contribution in [2.75, 3.05) is 0 Å². The molecule has 1 heterocycles. The number of benzene rings is 2. The highest BCUT2D eigenvalue weighted by Crippen LogP contribution is 2.13. The third kappa shape index (κ3) is 2.36. The van der Waals surface area contributed by atoms with Gasteiger partial charge in [0.15, 0.2) is 0 Å². The molecule has 3 nitrogen and oxygen atoms in total. The molecular weight excluding hydrogens is 257 g/mol. The van der Waals surface area contributed by atoms with E-state index in [2.05, 4.69) is 4.99 Å². The molecule has 3 aromatic rings. The van der Waals surface area contributed by atoms with Gasteiger partial charge >= 0.3 is 0 Å². The zero-order chi connectivity index (χ0) is 13.9. The number of nitrogens with zero attached hydrogens (tertiary/aromatic N) is 1. The summed E-state index contributed by atoms with van der Waals surface area (Å²) < 4.78 is 18.2. The summed E-state index contributed by atoms with van der Waals surface area (Å²) in [5, 5.41) is 0.510. The normalized spacial score (nSPS) is 11.2. The Morgan fingerprint density at radius 2 is 1.80 bits per heavy atom. The topological polar surface area (TPSA) is 42.6 Å². The third-order valence-corrected chi connectivity index (χ3v) is 2.89. The van der Waals surface area contributed by atoms with Gasteiger partial charge < -0.3 is 4.42 Å². The van der Waals surface area contributed by atoms with Crippen LogP contribution >= 0.6 is 0 Å². The minimum Gasteiger partial charge on any atom is -0.463 e. The number of halogens is 1. The molecule has 0 radical (unpaired) electrons. The summed E-state index contributed by atoms with van der Waals surface area (Å²) in [4.78, 5) is 16.3. The molecule has 20 heavy (non-hydrogen) atoms. The van der Waals surface area contributed by atoms with Crippen LogP contribution in [0.25, 0.3) is 11.0 Å². The lowest BCUT2D eigenvalue weighted by molar-refractivity contribution is 0.601. The second-order valence-corrected chi connectivity index (χ2v) is 4.25. The molecule has 98 valence electrons. The average molecular weight is 267 g/mol. The van der Waals surface area contributed by atoms with Crippen molar-refractivity contribution in [2.24, 2.45) is 4.99 Å². The van der Waals surface area contributed by atoms with Gasteiger partial charge in [-0.1, -0.05) is 12.1 Å². The van der Waals surface area contributed by atoms with Crippen molar-refractivity contribution < 1.29 is 8.81 Å². The minimum atomic E-state index is -0.325. The summed E-state index contributed by atoms with van der Waals surface area (Å²) in [6.45, 7) is 0. The monoisotopic (exact) mass is 267 g/mol. The molecule has 0 saturated heterocycles. The Morgan fingerprint density at radius 3 is 2.60 bits per heavy atom.